The number of benzene rings is 2. The molecule has 2 aromatic rings. The molecule has 1 saturated heterocycles. The van der Waals surface area contributed by atoms with Crippen molar-refractivity contribution in [2.45, 2.75) is 13.0 Å². The quantitative estimate of drug-likeness (QED) is 0.853. The number of nitrogens with zero attached hydrogens (tertiary/aromatic N) is 3. The third-order valence-corrected chi connectivity index (χ3v) is 5.12. The van der Waals surface area contributed by atoms with Gasteiger partial charge >= 0.3 is 0 Å². The molecule has 1 fully saturated rings. The first-order valence-electron chi connectivity index (χ1n) is 9.29. The number of aliphatic imine (C=N–C) groups is 1. The number of rotatable bonds is 5. The van der Waals surface area contributed by atoms with E-state index in [0.717, 1.165) is 58.1 Å². The molecule has 0 aromatic heterocycles. The van der Waals surface area contributed by atoms with Gasteiger partial charge in [0.05, 0.1) is 6.54 Å². The Morgan fingerprint density at radius 3 is 2.48 bits per heavy atom. The van der Waals surface area contributed by atoms with E-state index in [2.05, 4.69) is 74.7 Å². The van der Waals surface area contributed by atoms with Gasteiger partial charge in [-0.3, -0.25) is 9.89 Å². The van der Waals surface area contributed by atoms with Gasteiger partial charge in [-0.25, -0.2) is 0 Å². The first-order valence-corrected chi connectivity index (χ1v) is 9.29. The van der Waals surface area contributed by atoms with Gasteiger partial charge < -0.3 is 10.2 Å². The SMILES string of the molecule is c1ccc(N2CCN(CCCNC3=NCc4ccccc43)CC2)cc1. The van der Waals surface area contributed by atoms with E-state index < -0.39 is 0 Å². The molecule has 0 atom stereocenters. The highest BCUT2D eigenvalue weighted by Gasteiger charge is 2.17. The number of hydrogen-bond acceptors (Lipinski definition) is 4. The van der Waals surface area contributed by atoms with Gasteiger partial charge in [-0.1, -0.05) is 42.5 Å². The van der Waals surface area contributed by atoms with Crippen LogP contribution in [0.15, 0.2) is 59.6 Å². The molecule has 0 bridgehead atoms. The topological polar surface area (TPSA) is 30.9 Å². The standard InChI is InChI=1S/C21H26N4/c1-2-8-19(9-3-1)25-15-13-24(14-16-25)12-6-11-22-21-20-10-5-4-7-18(20)17-23-21/h1-5,7-10H,6,11-17H2,(H,22,23). The average Bonchev–Trinajstić information content (AvgIpc) is 3.10. The lowest BCUT2D eigenvalue weighted by Gasteiger charge is -2.36. The third-order valence-electron chi connectivity index (χ3n) is 5.12. The Bertz CT molecular complexity index is 718. The Labute approximate surface area is 150 Å². The zero-order valence-electron chi connectivity index (χ0n) is 14.7. The van der Waals surface area contributed by atoms with E-state index in [9.17, 15) is 0 Å². The van der Waals surface area contributed by atoms with Crippen molar-refractivity contribution in [3.63, 3.8) is 0 Å². The van der Waals surface area contributed by atoms with Crippen molar-refractivity contribution in [1.82, 2.24) is 10.2 Å². The maximum Gasteiger partial charge on any atom is 0.128 e. The van der Waals surface area contributed by atoms with Crippen LogP contribution in [-0.2, 0) is 6.54 Å². The summed E-state index contributed by atoms with van der Waals surface area (Å²) >= 11 is 0. The van der Waals surface area contributed by atoms with Crippen molar-refractivity contribution >= 4 is 11.5 Å². The highest BCUT2D eigenvalue weighted by molar-refractivity contribution is 6.01. The number of para-hydroxylation sites is 1. The minimum absolute atomic E-state index is 0.819. The van der Waals surface area contributed by atoms with Crippen LogP contribution in [0.5, 0.6) is 0 Å². The van der Waals surface area contributed by atoms with Crippen molar-refractivity contribution in [2.24, 2.45) is 4.99 Å². The summed E-state index contributed by atoms with van der Waals surface area (Å²) in [6.07, 6.45) is 1.16. The summed E-state index contributed by atoms with van der Waals surface area (Å²) in [6, 6.07) is 19.3. The van der Waals surface area contributed by atoms with Crippen molar-refractivity contribution < 1.29 is 0 Å². The van der Waals surface area contributed by atoms with E-state index >= 15 is 0 Å². The molecular weight excluding hydrogens is 308 g/mol. The Balaban J connectivity index is 1.17. The Kier molecular flexibility index (Phi) is 4.98. The fraction of sp³-hybridized carbons (Fsp3) is 0.381. The van der Waals surface area contributed by atoms with E-state index in [1.807, 2.05) is 0 Å². The summed E-state index contributed by atoms with van der Waals surface area (Å²) in [6.45, 7) is 7.52. The molecule has 4 nitrogen and oxygen atoms in total. The average molecular weight is 334 g/mol. The van der Waals surface area contributed by atoms with Crippen LogP contribution in [0.25, 0.3) is 0 Å². The van der Waals surface area contributed by atoms with Gasteiger partial charge in [-0.2, -0.15) is 0 Å². The molecule has 0 radical (unpaired) electrons. The number of hydrogen-bond donors (Lipinski definition) is 1. The van der Waals surface area contributed by atoms with Gasteiger partial charge in [-0.05, 0) is 30.7 Å². The molecule has 0 amide bonds. The molecule has 0 unspecified atom stereocenters. The second-order valence-corrected chi connectivity index (χ2v) is 6.77. The molecule has 4 rings (SSSR count). The molecule has 2 aromatic carbocycles. The van der Waals surface area contributed by atoms with Crippen LogP contribution in [0.4, 0.5) is 5.69 Å². The third kappa shape index (κ3) is 3.85. The molecule has 25 heavy (non-hydrogen) atoms. The Morgan fingerprint density at radius 2 is 1.64 bits per heavy atom. The lowest BCUT2D eigenvalue weighted by molar-refractivity contribution is 0.255. The van der Waals surface area contributed by atoms with Crippen LogP contribution < -0.4 is 10.2 Å². The maximum absolute atomic E-state index is 4.62. The number of fused-ring (bicyclic) bond motifs is 1. The van der Waals surface area contributed by atoms with Gasteiger partial charge in [0.15, 0.2) is 0 Å². The van der Waals surface area contributed by atoms with Gasteiger partial charge in [0.2, 0.25) is 0 Å². The van der Waals surface area contributed by atoms with E-state index in [1.54, 1.807) is 0 Å². The maximum atomic E-state index is 4.62. The van der Waals surface area contributed by atoms with Crippen molar-refractivity contribution in [2.75, 3.05) is 44.2 Å². The second kappa shape index (κ2) is 7.70. The second-order valence-electron chi connectivity index (χ2n) is 6.77. The predicted molar refractivity (Wildman–Crippen MR) is 104 cm³/mol. The highest BCUT2D eigenvalue weighted by atomic mass is 15.3. The van der Waals surface area contributed by atoms with Crippen LogP contribution >= 0.6 is 0 Å². The van der Waals surface area contributed by atoms with Crippen LogP contribution in [0.1, 0.15) is 17.5 Å². The Hall–Kier alpha value is -2.33. The minimum atomic E-state index is 0.819. The van der Waals surface area contributed by atoms with Crippen LogP contribution in [0.2, 0.25) is 0 Å². The van der Waals surface area contributed by atoms with Crippen LogP contribution in [0, 0.1) is 0 Å². The molecule has 1 N–H and O–H groups in total. The molecule has 2 heterocycles. The normalized spacial score (nSPS) is 17.3. The fourth-order valence-corrected chi connectivity index (χ4v) is 3.67. The molecular formula is C21H26N4. The number of amidine groups is 1. The van der Waals surface area contributed by atoms with Gasteiger partial charge in [0, 0.05) is 44.0 Å². The lowest BCUT2D eigenvalue weighted by Crippen LogP contribution is -2.47. The summed E-state index contributed by atoms with van der Waals surface area (Å²) in [5.74, 6) is 1.07. The molecule has 0 spiro atoms. The zero-order valence-corrected chi connectivity index (χ0v) is 14.7. The van der Waals surface area contributed by atoms with Crippen molar-refractivity contribution in [3.05, 3.63) is 65.7 Å². The van der Waals surface area contributed by atoms with Gasteiger partial charge in [-0.15, -0.1) is 0 Å². The fourth-order valence-electron chi connectivity index (χ4n) is 3.67. The summed E-state index contributed by atoms with van der Waals surface area (Å²) in [4.78, 5) is 9.68. The molecule has 130 valence electrons. The summed E-state index contributed by atoms with van der Waals surface area (Å²) < 4.78 is 0. The largest absolute Gasteiger partial charge is 0.370 e. The first-order chi connectivity index (χ1) is 12.4. The van der Waals surface area contributed by atoms with Crippen LogP contribution in [-0.4, -0.2) is 50.0 Å². The van der Waals surface area contributed by atoms with E-state index in [1.165, 1.54) is 16.8 Å². The molecule has 0 aliphatic carbocycles. The number of anilines is 1. The Morgan fingerprint density at radius 1 is 0.880 bits per heavy atom. The van der Waals surface area contributed by atoms with Gasteiger partial charge in [0.25, 0.3) is 0 Å². The minimum Gasteiger partial charge on any atom is -0.370 e. The summed E-state index contributed by atoms with van der Waals surface area (Å²) in [5, 5.41) is 3.52. The molecule has 4 heteroatoms. The van der Waals surface area contributed by atoms with E-state index in [4.69, 9.17) is 0 Å². The zero-order chi connectivity index (χ0) is 16.9. The van der Waals surface area contributed by atoms with Crippen LogP contribution in [0.3, 0.4) is 0 Å². The molecule has 0 saturated carbocycles. The predicted octanol–water partition coefficient (Wildman–Crippen LogP) is 2.75. The number of piperazine rings is 1. The molecule has 2 aliphatic rings. The summed E-state index contributed by atoms with van der Waals surface area (Å²) in [7, 11) is 0. The summed E-state index contributed by atoms with van der Waals surface area (Å²) in [5.41, 5.74) is 3.96. The first kappa shape index (κ1) is 16.2. The van der Waals surface area contributed by atoms with Crippen molar-refractivity contribution in [3.8, 4) is 0 Å². The monoisotopic (exact) mass is 334 g/mol. The molecule has 2 aliphatic heterocycles. The van der Waals surface area contributed by atoms with Crippen molar-refractivity contribution in [1.29, 1.82) is 0 Å². The van der Waals surface area contributed by atoms with E-state index in [-0.39, 0.29) is 0 Å². The smallest absolute Gasteiger partial charge is 0.128 e. The highest BCUT2D eigenvalue weighted by Crippen LogP contribution is 2.17. The number of nitrogens with one attached hydrogen (secondary N) is 1. The lowest BCUT2D eigenvalue weighted by atomic mass is 10.1. The van der Waals surface area contributed by atoms with E-state index in [0.29, 0.717) is 0 Å². The van der Waals surface area contributed by atoms with Gasteiger partial charge in [0.1, 0.15) is 5.84 Å².